The smallest absolute Gasteiger partial charge is 0.0806 e. The van der Waals surface area contributed by atoms with E-state index in [2.05, 4.69) is 62.9 Å². The van der Waals surface area contributed by atoms with Crippen LogP contribution in [0.4, 0.5) is 0 Å². The Morgan fingerprint density at radius 3 is 2.45 bits per heavy atom. The minimum Gasteiger partial charge on any atom is -0.0806 e. The standard InChI is InChI=1S/C19H28Si/c1-4-6-16-20(3,18-13-8-7-9-14-18)19-15-10-12-17(19)11-5-2/h7-10,12-14H,4-6,11,15-16H2,1-3H3. The zero-order chi connectivity index (χ0) is 14.4. The van der Waals surface area contributed by atoms with Gasteiger partial charge in [-0.3, -0.25) is 0 Å². The van der Waals surface area contributed by atoms with Gasteiger partial charge in [-0.05, 0) is 18.9 Å². The Hall–Kier alpha value is -1.08. The Bertz CT molecular complexity index is 484. The fourth-order valence-corrected chi connectivity index (χ4v) is 7.85. The molecule has 1 aliphatic carbocycles. The molecule has 0 saturated carbocycles. The van der Waals surface area contributed by atoms with Crippen molar-refractivity contribution >= 4 is 13.3 Å². The molecular weight excluding hydrogens is 256 g/mol. The predicted molar refractivity (Wildman–Crippen MR) is 93.1 cm³/mol. The lowest BCUT2D eigenvalue weighted by molar-refractivity contribution is 0.867. The second-order valence-corrected chi connectivity index (χ2v) is 10.5. The van der Waals surface area contributed by atoms with E-state index in [0.717, 1.165) is 0 Å². The van der Waals surface area contributed by atoms with Crippen LogP contribution in [-0.2, 0) is 0 Å². The van der Waals surface area contributed by atoms with Crippen molar-refractivity contribution in [1.29, 1.82) is 0 Å². The molecule has 108 valence electrons. The van der Waals surface area contributed by atoms with Crippen LogP contribution in [0.15, 0.2) is 53.3 Å². The van der Waals surface area contributed by atoms with Crippen LogP contribution < -0.4 is 5.19 Å². The Morgan fingerprint density at radius 2 is 1.80 bits per heavy atom. The van der Waals surface area contributed by atoms with E-state index in [-0.39, 0.29) is 0 Å². The lowest BCUT2D eigenvalue weighted by Crippen LogP contribution is -2.47. The number of hydrogen-bond donors (Lipinski definition) is 0. The molecule has 1 unspecified atom stereocenters. The van der Waals surface area contributed by atoms with E-state index in [4.69, 9.17) is 0 Å². The third-order valence-corrected chi connectivity index (χ3v) is 9.47. The third-order valence-electron chi connectivity index (χ3n) is 4.66. The van der Waals surface area contributed by atoms with Gasteiger partial charge in [0, 0.05) is 0 Å². The average Bonchev–Trinajstić information content (AvgIpc) is 2.95. The summed E-state index contributed by atoms with van der Waals surface area (Å²) in [6.45, 7) is 7.20. The van der Waals surface area contributed by atoms with Crippen molar-refractivity contribution in [3.05, 3.63) is 53.3 Å². The molecule has 1 aliphatic rings. The molecule has 1 aromatic rings. The molecule has 0 bridgehead atoms. The van der Waals surface area contributed by atoms with Gasteiger partial charge in [0.2, 0.25) is 0 Å². The topological polar surface area (TPSA) is 0 Å². The molecule has 0 saturated heterocycles. The summed E-state index contributed by atoms with van der Waals surface area (Å²) >= 11 is 0. The molecule has 1 heteroatoms. The first-order valence-electron chi connectivity index (χ1n) is 8.17. The van der Waals surface area contributed by atoms with Gasteiger partial charge in [0.25, 0.3) is 0 Å². The SMILES string of the molecule is CCCC[Si](C)(C1=C(CCC)C=CC1)c1ccccc1. The lowest BCUT2D eigenvalue weighted by Gasteiger charge is -2.31. The Kier molecular flexibility index (Phi) is 5.42. The molecule has 0 nitrogen and oxygen atoms in total. The van der Waals surface area contributed by atoms with E-state index in [1.807, 2.05) is 0 Å². The van der Waals surface area contributed by atoms with Crippen LogP contribution in [0.5, 0.6) is 0 Å². The number of allylic oxidation sites excluding steroid dienone is 4. The Labute approximate surface area is 125 Å². The van der Waals surface area contributed by atoms with Crippen molar-refractivity contribution in [3.63, 3.8) is 0 Å². The summed E-state index contributed by atoms with van der Waals surface area (Å²) in [5.41, 5.74) is 1.65. The van der Waals surface area contributed by atoms with Crippen LogP contribution in [0.25, 0.3) is 0 Å². The first-order chi connectivity index (χ1) is 9.72. The molecule has 0 amide bonds. The van der Waals surface area contributed by atoms with E-state index < -0.39 is 8.07 Å². The second-order valence-electron chi connectivity index (χ2n) is 6.16. The van der Waals surface area contributed by atoms with Crippen molar-refractivity contribution in [3.8, 4) is 0 Å². The second kappa shape index (κ2) is 7.08. The van der Waals surface area contributed by atoms with Gasteiger partial charge in [-0.15, -0.1) is 0 Å². The summed E-state index contributed by atoms with van der Waals surface area (Å²) in [6, 6.07) is 12.7. The van der Waals surface area contributed by atoms with Crippen LogP contribution in [0.2, 0.25) is 12.6 Å². The molecule has 20 heavy (non-hydrogen) atoms. The van der Waals surface area contributed by atoms with Gasteiger partial charge < -0.3 is 0 Å². The number of hydrogen-bond acceptors (Lipinski definition) is 0. The van der Waals surface area contributed by atoms with E-state index in [1.54, 1.807) is 16.0 Å². The van der Waals surface area contributed by atoms with Crippen LogP contribution in [0, 0.1) is 0 Å². The molecule has 0 heterocycles. The summed E-state index contributed by atoms with van der Waals surface area (Å²) in [7, 11) is -1.50. The third kappa shape index (κ3) is 3.14. The van der Waals surface area contributed by atoms with Crippen LogP contribution in [0.3, 0.4) is 0 Å². The van der Waals surface area contributed by atoms with Crippen molar-refractivity contribution in [2.75, 3.05) is 0 Å². The minimum absolute atomic E-state index is 1.21. The fourth-order valence-electron chi connectivity index (χ4n) is 3.44. The predicted octanol–water partition coefficient (Wildman–Crippen LogP) is 5.37. The highest BCUT2D eigenvalue weighted by atomic mass is 28.3. The summed E-state index contributed by atoms with van der Waals surface area (Å²) in [6.07, 6.45) is 11.2. The molecule has 1 atom stereocenters. The number of benzene rings is 1. The van der Waals surface area contributed by atoms with E-state index in [1.165, 1.54) is 38.1 Å². The van der Waals surface area contributed by atoms with Gasteiger partial charge in [-0.1, -0.05) is 98.1 Å². The summed E-state index contributed by atoms with van der Waals surface area (Å²) in [4.78, 5) is 0. The number of rotatable bonds is 7. The number of unbranched alkanes of at least 4 members (excludes halogenated alkanes) is 1. The first-order valence-corrected chi connectivity index (χ1v) is 10.9. The maximum absolute atomic E-state index is 2.59. The molecule has 0 aliphatic heterocycles. The minimum atomic E-state index is -1.50. The van der Waals surface area contributed by atoms with Crippen LogP contribution in [0.1, 0.15) is 46.0 Å². The maximum Gasteiger partial charge on any atom is 0.111 e. The Morgan fingerprint density at radius 1 is 1.05 bits per heavy atom. The summed E-state index contributed by atoms with van der Waals surface area (Å²) in [5, 5.41) is 3.43. The molecule has 0 fully saturated rings. The maximum atomic E-state index is 2.59. The van der Waals surface area contributed by atoms with E-state index in [9.17, 15) is 0 Å². The van der Waals surface area contributed by atoms with Crippen molar-refractivity contribution in [1.82, 2.24) is 0 Å². The molecule has 2 rings (SSSR count). The molecule has 0 spiro atoms. The molecule has 0 aromatic heterocycles. The van der Waals surface area contributed by atoms with Gasteiger partial charge in [-0.2, -0.15) is 0 Å². The van der Waals surface area contributed by atoms with E-state index >= 15 is 0 Å². The van der Waals surface area contributed by atoms with Crippen molar-refractivity contribution in [2.24, 2.45) is 0 Å². The van der Waals surface area contributed by atoms with Crippen LogP contribution >= 0.6 is 0 Å². The highest BCUT2D eigenvalue weighted by Crippen LogP contribution is 2.34. The summed E-state index contributed by atoms with van der Waals surface area (Å²) < 4.78 is 0. The van der Waals surface area contributed by atoms with Crippen molar-refractivity contribution in [2.45, 2.75) is 58.5 Å². The van der Waals surface area contributed by atoms with Gasteiger partial charge in [-0.25, -0.2) is 0 Å². The largest absolute Gasteiger partial charge is 0.111 e. The average molecular weight is 285 g/mol. The van der Waals surface area contributed by atoms with Gasteiger partial charge in [0.1, 0.15) is 8.07 Å². The quantitative estimate of drug-likeness (QED) is 0.591. The first kappa shape index (κ1) is 15.3. The lowest BCUT2D eigenvalue weighted by atomic mass is 10.2. The zero-order valence-corrected chi connectivity index (χ0v) is 14.3. The molecule has 1 aromatic carbocycles. The molecule has 0 radical (unpaired) electrons. The van der Waals surface area contributed by atoms with Crippen molar-refractivity contribution < 1.29 is 0 Å². The normalized spacial score (nSPS) is 17.6. The fraction of sp³-hybridized carbons (Fsp3) is 0.474. The zero-order valence-electron chi connectivity index (χ0n) is 13.3. The van der Waals surface area contributed by atoms with Crippen LogP contribution in [-0.4, -0.2) is 8.07 Å². The Balaban J connectivity index is 2.40. The van der Waals surface area contributed by atoms with Gasteiger partial charge in [0.15, 0.2) is 0 Å². The summed E-state index contributed by atoms with van der Waals surface area (Å²) in [5.74, 6) is 0. The monoisotopic (exact) mass is 284 g/mol. The molecular formula is C19H28Si. The van der Waals surface area contributed by atoms with E-state index in [0.29, 0.717) is 0 Å². The van der Waals surface area contributed by atoms with Gasteiger partial charge >= 0.3 is 0 Å². The highest BCUT2D eigenvalue weighted by molar-refractivity contribution is 6.96. The molecule has 0 N–H and O–H groups in total. The highest BCUT2D eigenvalue weighted by Gasteiger charge is 2.35. The van der Waals surface area contributed by atoms with Gasteiger partial charge in [0.05, 0.1) is 0 Å².